The molecule has 0 aliphatic rings. The van der Waals surface area contributed by atoms with Crippen molar-refractivity contribution in [2.45, 2.75) is 18.1 Å². The molecule has 0 fully saturated rings. The molecule has 0 aliphatic heterocycles. The van der Waals surface area contributed by atoms with E-state index in [0.717, 1.165) is 0 Å². The van der Waals surface area contributed by atoms with E-state index in [1.807, 2.05) is 0 Å². The standard InChI is InChI=1S/C13H13Cl2N3O4S/c1-22-13-12(16-8(5-19)9(6-20)17-13)18-23(21)10-4-2-3-7(14)11(10)15/h2-4,19-20H,5-6H2,1H3,(H,16,18). The quantitative estimate of drug-likeness (QED) is 0.710. The SMILES string of the molecule is COc1nc(CO)c(CO)nc1NS(=O)c1cccc(Cl)c1Cl. The average molecular weight is 378 g/mol. The third kappa shape index (κ3) is 3.91. The van der Waals surface area contributed by atoms with Gasteiger partial charge in [-0.2, -0.15) is 0 Å². The lowest BCUT2D eigenvalue weighted by Crippen LogP contribution is -2.12. The first kappa shape index (κ1) is 17.9. The maximum atomic E-state index is 12.4. The lowest BCUT2D eigenvalue weighted by atomic mass is 10.3. The summed E-state index contributed by atoms with van der Waals surface area (Å²) >= 11 is 11.9. The Morgan fingerprint density at radius 3 is 2.48 bits per heavy atom. The van der Waals surface area contributed by atoms with Crippen LogP contribution in [0.3, 0.4) is 0 Å². The number of halogens is 2. The van der Waals surface area contributed by atoms with E-state index in [1.54, 1.807) is 18.2 Å². The van der Waals surface area contributed by atoms with Gasteiger partial charge < -0.3 is 14.9 Å². The lowest BCUT2D eigenvalue weighted by Gasteiger charge is -2.13. The van der Waals surface area contributed by atoms with E-state index in [9.17, 15) is 14.4 Å². The largest absolute Gasteiger partial charge is 0.478 e. The first-order chi connectivity index (χ1) is 11.0. The topological polar surface area (TPSA) is 105 Å². The van der Waals surface area contributed by atoms with Crippen molar-refractivity contribution in [2.75, 3.05) is 11.8 Å². The molecule has 0 bridgehead atoms. The van der Waals surface area contributed by atoms with Crippen molar-refractivity contribution >= 4 is 40.0 Å². The maximum absolute atomic E-state index is 12.4. The van der Waals surface area contributed by atoms with Gasteiger partial charge in [0.1, 0.15) is 0 Å². The highest BCUT2D eigenvalue weighted by Gasteiger charge is 2.18. The number of methoxy groups -OCH3 is 1. The van der Waals surface area contributed by atoms with Gasteiger partial charge in [-0.15, -0.1) is 0 Å². The number of hydrogen-bond donors (Lipinski definition) is 3. The van der Waals surface area contributed by atoms with Crippen molar-refractivity contribution in [3.8, 4) is 5.88 Å². The number of nitrogens with zero attached hydrogens (tertiary/aromatic N) is 2. The van der Waals surface area contributed by atoms with Gasteiger partial charge >= 0.3 is 0 Å². The Labute approximate surface area is 144 Å². The van der Waals surface area contributed by atoms with Gasteiger partial charge in [0.25, 0.3) is 5.88 Å². The number of aliphatic hydroxyl groups excluding tert-OH is 2. The number of anilines is 1. The van der Waals surface area contributed by atoms with E-state index >= 15 is 0 Å². The molecule has 1 heterocycles. The van der Waals surface area contributed by atoms with Crippen molar-refractivity contribution in [3.05, 3.63) is 39.6 Å². The Bertz CT molecular complexity index is 745. The average Bonchev–Trinajstić information content (AvgIpc) is 2.56. The molecule has 1 unspecified atom stereocenters. The van der Waals surface area contributed by atoms with Crippen molar-refractivity contribution in [1.82, 2.24) is 9.97 Å². The summed E-state index contributed by atoms with van der Waals surface area (Å²) in [6.45, 7) is -0.852. The van der Waals surface area contributed by atoms with Crippen LogP contribution in [0.2, 0.25) is 10.0 Å². The molecule has 1 aromatic carbocycles. The molecular formula is C13H13Cl2N3O4S. The monoisotopic (exact) mass is 377 g/mol. The Balaban J connectivity index is 2.39. The molecule has 0 saturated heterocycles. The molecule has 23 heavy (non-hydrogen) atoms. The van der Waals surface area contributed by atoms with E-state index in [-0.39, 0.29) is 38.0 Å². The molecule has 0 spiro atoms. The van der Waals surface area contributed by atoms with Crippen LogP contribution in [0.5, 0.6) is 5.88 Å². The fourth-order valence-electron chi connectivity index (χ4n) is 1.72. The third-order valence-corrected chi connectivity index (χ3v) is 4.87. The van der Waals surface area contributed by atoms with Gasteiger partial charge in [0.15, 0.2) is 11.0 Å². The molecule has 0 amide bonds. The predicted octanol–water partition coefficient (Wildman–Crippen LogP) is 1.91. The second kappa shape index (κ2) is 7.89. The first-order valence-electron chi connectivity index (χ1n) is 6.29. The van der Waals surface area contributed by atoms with Crippen molar-refractivity contribution < 1.29 is 19.2 Å². The molecule has 10 heteroatoms. The molecule has 2 aromatic rings. The number of nitrogens with one attached hydrogen (secondary N) is 1. The predicted molar refractivity (Wildman–Crippen MR) is 86.9 cm³/mol. The zero-order valence-electron chi connectivity index (χ0n) is 11.9. The number of rotatable bonds is 6. The summed E-state index contributed by atoms with van der Waals surface area (Å²) in [7, 11) is -0.429. The van der Waals surface area contributed by atoms with Crippen LogP contribution in [0.1, 0.15) is 11.4 Å². The summed E-state index contributed by atoms with van der Waals surface area (Å²) in [5, 5.41) is 18.9. The molecule has 0 aliphatic carbocycles. The van der Waals surface area contributed by atoms with E-state index in [1.165, 1.54) is 7.11 Å². The molecule has 1 atom stereocenters. The van der Waals surface area contributed by atoms with E-state index in [0.29, 0.717) is 0 Å². The minimum absolute atomic E-state index is 0.0257. The molecule has 124 valence electrons. The van der Waals surface area contributed by atoms with Gasteiger partial charge in [-0.1, -0.05) is 29.3 Å². The molecule has 1 aromatic heterocycles. The Morgan fingerprint density at radius 2 is 1.87 bits per heavy atom. The highest BCUT2D eigenvalue weighted by molar-refractivity contribution is 7.86. The number of aliphatic hydroxyl groups is 2. The van der Waals surface area contributed by atoms with Gasteiger partial charge in [0, 0.05) is 0 Å². The number of ether oxygens (including phenoxy) is 1. The summed E-state index contributed by atoms with van der Waals surface area (Å²) in [4.78, 5) is 8.35. The minimum Gasteiger partial charge on any atom is -0.478 e. The van der Waals surface area contributed by atoms with Gasteiger partial charge in [-0.25, -0.2) is 14.2 Å². The molecule has 2 rings (SSSR count). The van der Waals surface area contributed by atoms with Crippen LogP contribution in [0.4, 0.5) is 5.82 Å². The van der Waals surface area contributed by atoms with Crippen LogP contribution in [0, 0.1) is 0 Å². The third-order valence-electron chi connectivity index (χ3n) is 2.82. The second-order valence-electron chi connectivity index (χ2n) is 4.21. The van der Waals surface area contributed by atoms with Gasteiger partial charge in [-0.3, -0.25) is 4.72 Å². The number of benzene rings is 1. The fourth-order valence-corrected chi connectivity index (χ4v) is 3.18. The molecule has 7 nitrogen and oxygen atoms in total. The van der Waals surface area contributed by atoms with E-state index in [4.69, 9.17) is 27.9 Å². The summed E-state index contributed by atoms with van der Waals surface area (Å²) in [5.41, 5.74) is 0.312. The molecule has 0 radical (unpaired) electrons. The highest BCUT2D eigenvalue weighted by Crippen LogP contribution is 2.29. The smallest absolute Gasteiger partial charge is 0.258 e. The molecule has 0 saturated carbocycles. The van der Waals surface area contributed by atoms with Crippen LogP contribution in [-0.2, 0) is 24.2 Å². The van der Waals surface area contributed by atoms with Gasteiger partial charge in [0.2, 0.25) is 5.82 Å². The molecule has 3 N–H and O–H groups in total. The second-order valence-corrected chi connectivity index (χ2v) is 6.18. The van der Waals surface area contributed by atoms with Crippen LogP contribution in [-0.4, -0.2) is 31.5 Å². The molecular weight excluding hydrogens is 365 g/mol. The van der Waals surface area contributed by atoms with E-state index < -0.39 is 24.2 Å². The first-order valence-corrected chi connectivity index (χ1v) is 8.20. The van der Waals surface area contributed by atoms with Crippen LogP contribution >= 0.6 is 23.2 Å². The van der Waals surface area contributed by atoms with Crippen LogP contribution in [0.25, 0.3) is 0 Å². The van der Waals surface area contributed by atoms with Crippen molar-refractivity contribution in [1.29, 1.82) is 0 Å². The summed E-state index contributed by atoms with van der Waals surface area (Å²) < 4.78 is 20.1. The van der Waals surface area contributed by atoms with E-state index in [2.05, 4.69) is 14.7 Å². The lowest BCUT2D eigenvalue weighted by molar-refractivity contribution is 0.249. The Morgan fingerprint density at radius 1 is 1.22 bits per heavy atom. The minimum atomic E-state index is -1.78. The van der Waals surface area contributed by atoms with Crippen LogP contribution < -0.4 is 9.46 Å². The summed E-state index contributed by atoms with van der Waals surface area (Å²) in [5.74, 6) is 0.0703. The Kier molecular flexibility index (Phi) is 6.14. The van der Waals surface area contributed by atoms with Crippen molar-refractivity contribution in [2.24, 2.45) is 0 Å². The zero-order valence-corrected chi connectivity index (χ0v) is 14.2. The Hall–Kier alpha value is -1.45. The normalized spacial score (nSPS) is 12.0. The summed E-state index contributed by atoms with van der Waals surface area (Å²) in [6.07, 6.45) is 0. The number of aromatic nitrogens is 2. The van der Waals surface area contributed by atoms with Crippen LogP contribution in [0.15, 0.2) is 23.1 Å². The fraction of sp³-hybridized carbons (Fsp3) is 0.231. The van der Waals surface area contributed by atoms with Gasteiger partial charge in [-0.05, 0) is 12.1 Å². The van der Waals surface area contributed by atoms with Gasteiger partial charge in [0.05, 0.1) is 46.7 Å². The zero-order chi connectivity index (χ0) is 17.0. The highest BCUT2D eigenvalue weighted by atomic mass is 35.5. The summed E-state index contributed by atoms with van der Waals surface area (Å²) in [6, 6.07) is 4.73. The maximum Gasteiger partial charge on any atom is 0.258 e. The number of hydrogen-bond acceptors (Lipinski definition) is 6. The van der Waals surface area contributed by atoms with Crippen molar-refractivity contribution in [3.63, 3.8) is 0 Å².